The molecule has 0 heterocycles. The van der Waals surface area contributed by atoms with Crippen molar-refractivity contribution in [1.29, 1.82) is 5.26 Å². The van der Waals surface area contributed by atoms with E-state index in [-0.39, 0.29) is 5.57 Å². The van der Waals surface area contributed by atoms with Crippen LogP contribution in [0.2, 0.25) is 0 Å². The zero-order valence-electron chi connectivity index (χ0n) is 14.5. The van der Waals surface area contributed by atoms with Crippen molar-refractivity contribution < 1.29 is 19.0 Å². The van der Waals surface area contributed by atoms with Gasteiger partial charge in [0.15, 0.2) is 11.5 Å². The monoisotopic (exact) mass is 416 g/mol. The number of methoxy groups -OCH3 is 3. The Morgan fingerprint density at radius 2 is 1.73 bits per heavy atom. The Labute approximate surface area is 160 Å². The molecule has 0 saturated carbocycles. The van der Waals surface area contributed by atoms with Crippen LogP contribution in [0.3, 0.4) is 0 Å². The van der Waals surface area contributed by atoms with Crippen LogP contribution in [0.5, 0.6) is 17.2 Å². The fourth-order valence-corrected chi connectivity index (χ4v) is 2.64. The van der Waals surface area contributed by atoms with Gasteiger partial charge in [-0.3, -0.25) is 4.79 Å². The molecule has 0 saturated heterocycles. The molecular formula is C19H17BrN2O4. The highest BCUT2D eigenvalue weighted by molar-refractivity contribution is 9.10. The molecule has 0 fully saturated rings. The number of amides is 1. The lowest BCUT2D eigenvalue weighted by atomic mass is 10.1. The molecule has 0 aliphatic carbocycles. The predicted molar refractivity (Wildman–Crippen MR) is 102 cm³/mol. The van der Waals surface area contributed by atoms with Crippen LogP contribution in [-0.2, 0) is 4.79 Å². The minimum absolute atomic E-state index is 0.0602. The van der Waals surface area contributed by atoms with Gasteiger partial charge in [-0.25, -0.2) is 0 Å². The van der Waals surface area contributed by atoms with E-state index in [9.17, 15) is 10.1 Å². The summed E-state index contributed by atoms with van der Waals surface area (Å²) < 4.78 is 16.5. The van der Waals surface area contributed by atoms with Gasteiger partial charge >= 0.3 is 0 Å². The van der Waals surface area contributed by atoms with Crippen LogP contribution in [0.15, 0.2) is 46.4 Å². The topological polar surface area (TPSA) is 80.6 Å². The van der Waals surface area contributed by atoms with Crippen LogP contribution >= 0.6 is 15.9 Å². The molecule has 0 radical (unpaired) electrons. The first-order chi connectivity index (χ1) is 12.5. The van der Waals surface area contributed by atoms with Gasteiger partial charge in [0.25, 0.3) is 5.91 Å². The van der Waals surface area contributed by atoms with Crippen molar-refractivity contribution >= 4 is 33.6 Å². The first-order valence-corrected chi connectivity index (χ1v) is 8.31. The number of para-hydroxylation sites is 1. The lowest BCUT2D eigenvalue weighted by Crippen LogP contribution is -2.13. The van der Waals surface area contributed by atoms with E-state index in [0.717, 1.165) is 4.47 Å². The summed E-state index contributed by atoms with van der Waals surface area (Å²) in [7, 11) is 4.49. The average molecular weight is 417 g/mol. The van der Waals surface area contributed by atoms with Gasteiger partial charge in [-0.05, 0) is 51.8 Å². The summed E-state index contributed by atoms with van der Waals surface area (Å²) in [5, 5.41) is 12.1. The number of hydrogen-bond acceptors (Lipinski definition) is 5. The number of hydrogen-bond donors (Lipinski definition) is 1. The van der Waals surface area contributed by atoms with Gasteiger partial charge in [-0.1, -0.05) is 12.1 Å². The Hall–Kier alpha value is -2.98. The molecule has 26 heavy (non-hydrogen) atoms. The van der Waals surface area contributed by atoms with Crippen LogP contribution in [0.1, 0.15) is 5.56 Å². The number of nitriles is 1. The van der Waals surface area contributed by atoms with E-state index in [1.165, 1.54) is 27.4 Å². The average Bonchev–Trinajstić information content (AvgIpc) is 2.66. The van der Waals surface area contributed by atoms with Crippen molar-refractivity contribution in [2.75, 3.05) is 26.6 Å². The molecule has 0 aliphatic heterocycles. The molecule has 1 N–H and O–H groups in total. The molecule has 0 atom stereocenters. The highest BCUT2D eigenvalue weighted by atomic mass is 79.9. The van der Waals surface area contributed by atoms with Gasteiger partial charge in [0.05, 0.1) is 27.0 Å². The second kappa shape index (κ2) is 8.92. The molecule has 0 aromatic heterocycles. The second-order valence-corrected chi connectivity index (χ2v) is 5.92. The Kier molecular flexibility index (Phi) is 6.64. The summed E-state index contributed by atoms with van der Waals surface area (Å²) >= 11 is 3.35. The van der Waals surface area contributed by atoms with E-state index in [1.807, 2.05) is 12.1 Å². The van der Waals surface area contributed by atoms with Crippen LogP contribution in [0.4, 0.5) is 5.69 Å². The summed E-state index contributed by atoms with van der Waals surface area (Å²) in [6.07, 6.45) is 1.46. The maximum absolute atomic E-state index is 12.4. The lowest BCUT2D eigenvalue weighted by Gasteiger charge is -2.13. The van der Waals surface area contributed by atoms with Crippen molar-refractivity contribution in [3.63, 3.8) is 0 Å². The van der Waals surface area contributed by atoms with Crippen LogP contribution in [0, 0.1) is 11.3 Å². The number of rotatable bonds is 6. The normalized spacial score (nSPS) is 10.7. The second-order valence-electron chi connectivity index (χ2n) is 5.06. The molecule has 0 aliphatic rings. The molecule has 0 unspecified atom stereocenters. The largest absolute Gasteiger partial charge is 0.493 e. The highest BCUT2D eigenvalue weighted by Gasteiger charge is 2.15. The number of anilines is 1. The van der Waals surface area contributed by atoms with Crippen molar-refractivity contribution in [2.24, 2.45) is 0 Å². The minimum atomic E-state index is -0.520. The van der Waals surface area contributed by atoms with Crippen molar-refractivity contribution in [3.05, 3.63) is 52.0 Å². The van der Waals surface area contributed by atoms with Crippen molar-refractivity contribution in [3.8, 4) is 23.3 Å². The number of nitrogens with zero attached hydrogens (tertiary/aromatic N) is 1. The molecular weight excluding hydrogens is 400 g/mol. The maximum atomic E-state index is 12.4. The fraction of sp³-hybridized carbons (Fsp3) is 0.158. The zero-order valence-corrected chi connectivity index (χ0v) is 16.1. The molecule has 1 amide bonds. The third-order valence-electron chi connectivity index (χ3n) is 3.49. The lowest BCUT2D eigenvalue weighted by molar-refractivity contribution is -0.112. The van der Waals surface area contributed by atoms with Crippen LogP contribution < -0.4 is 19.5 Å². The summed E-state index contributed by atoms with van der Waals surface area (Å²) in [5.74, 6) is 0.777. The van der Waals surface area contributed by atoms with E-state index in [0.29, 0.717) is 28.5 Å². The van der Waals surface area contributed by atoms with Gasteiger partial charge in [-0.2, -0.15) is 5.26 Å². The standard InChI is InChI=1S/C19H17BrN2O4/c1-24-16-9-12(10-17(25-2)18(16)26-3)8-13(11-21)19(23)22-15-7-5-4-6-14(15)20/h4-10H,1-3H3,(H,22,23)/b13-8+. The van der Waals surface area contributed by atoms with Crippen molar-refractivity contribution in [2.45, 2.75) is 0 Å². The smallest absolute Gasteiger partial charge is 0.266 e. The summed E-state index contributed by atoms with van der Waals surface area (Å²) in [5.41, 5.74) is 1.08. The molecule has 134 valence electrons. The molecule has 7 heteroatoms. The number of nitrogens with one attached hydrogen (secondary N) is 1. The van der Waals surface area contributed by atoms with Gasteiger partial charge in [0.1, 0.15) is 11.6 Å². The first kappa shape index (κ1) is 19.3. The summed E-state index contributed by atoms with van der Waals surface area (Å²) in [6.45, 7) is 0. The molecule has 0 bridgehead atoms. The molecule has 6 nitrogen and oxygen atoms in total. The van der Waals surface area contributed by atoms with E-state index in [4.69, 9.17) is 14.2 Å². The number of benzene rings is 2. The van der Waals surface area contributed by atoms with Gasteiger partial charge < -0.3 is 19.5 Å². The Morgan fingerprint density at radius 3 is 2.23 bits per heavy atom. The molecule has 2 aromatic rings. The fourth-order valence-electron chi connectivity index (χ4n) is 2.25. The van der Waals surface area contributed by atoms with Crippen molar-refractivity contribution in [1.82, 2.24) is 0 Å². The number of ether oxygens (including phenoxy) is 3. The van der Waals surface area contributed by atoms with Crippen LogP contribution in [0.25, 0.3) is 6.08 Å². The third kappa shape index (κ3) is 4.35. The summed E-state index contributed by atoms with van der Waals surface area (Å²) in [4.78, 5) is 12.4. The van der Waals surface area contributed by atoms with Gasteiger partial charge in [0.2, 0.25) is 5.75 Å². The number of carbonyl (C=O) groups is 1. The van der Waals surface area contributed by atoms with E-state index < -0.39 is 5.91 Å². The van der Waals surface area contributed by atoms with Gasteiger partial charge in [-0.15, -0.1) is 0 Å². The molecule has 2 aromatic carbocycles. The molecule has 0 spiro atoms. The Balaban J connectivity index is 2.38. The van der Waals surface area contributed by atoms with E-state index in [1.54, 1.807) is 30.3 Å². The number of halogens is 1. The minimum Gasteiger partial charge on any atom is -0.493 e. The van der Waals surface area contributed by atoms with Crippen LogP contribution in [-0.4, -0.2) is 27.2 Å². The quantitative estimate of drug-likeness (QED) is 0.567. The van der Waals surface area contributed by atoms with Gasteiger partial charge in [0, 0.05) is 4.47 Å². The number of carbonyl (C=O) groups excluding carboxylic acids is 1. The molecule has 2 rings (SSSR count). The zero-order chi connectivity index (χ0) is 19.1. The van der Waals surface area contributed by atoms with E-state index >= 15 is 0 Å². The Morgan fingerprint density at radius 1 is 1.12 bits per heavy atom. The SMILES string of the molecule is COc1cc(/C=C(\C#N)C(=O)Nc2ccccc2Br)cc(OC)c1OC. The summed E-state index contributed by atoms with van der Waals surface area (Å²) in [6, 6.07) is 12.4. The third-order valence-corrected chi connectivity index (χ3v) is 4.18. The predicted octanol–water partition coefficient (Wildman–Crippen LogP) is 4.02. The Bertz CT molecular complexity index is 862. The highest BCUT2D eigenvalue weighted by Crippen LogP contribution is 2.38. The first-order valence-electron chi connectivity index (χ1n) is 7.51. The van der Waals surface area contributed by atoms with E-state index in [2.05, 4.69) is 21.2 Å². The maximum Gasteiger partial charge on any atom is 0.266 e.